The van der Waals surface area contributed by atoms with Crippen molar-refractivity contribution >= 4 is 32.7 Å². The second kappa shape index (κ2) is 5.61. The molecule has 7 nitrogen and oxygen atoms in total. The van der Waals surface area contributed by atoms with E-state index in [0.717, 1.165) is 49.2 Å². The Morgan fingerprint density at radius 1 is 1.33 bits per heavy atom. The van der Waals surface area contributed by atoms with E-state index < -0.39 is 0 Å². The van der Waals surface area contributed by atoms with E-state index in [2.05, 4.69) is 14.9 Å². The lowest BCUT2D eigenvalue weighted by atomic mass is 10.3. The molecule has 0 unspecified atom stereocenters. The highest BCUT2D eigenvalue weighted by molar-refractivity contribution is 7.22. The summed E-state index contributed by atoms with van der Waals surface area (Å²) >= 11 is 1.71. The maximum atomic E-state index is 10.8. The summed E-state index contributed by atoms with van der Waals surface area (Å²) in [5.41, 5.74) is 7.19. The highest BCUT2D eigenvalue weighted by Gasteiger charge is 2.21. The minimum Gasteiger partial charge on any atom is -0.370 e. The molecule has 0 spiro atoms. The number of anilines is 1. The third-order valence-electron chi connectivity index (χ3n) is 3.85. The second-order valence-corrected chi connectivity index (χ2v) is 6.38. The predicted molar refractivity (Wildman–Crippen MR) is 83.6 cm³/mol. The molecule has 1 amide bonds. The van der Waals surface area contributed by atoms with Crippen LogP contribution in [0.1, 0.15) is 12.1 Å². The van der Waals surface area contributed by atoms with E-state index in [1.807, 2.05) is 18.7 Å². The van der Waals surface area contributed by atoms with Gasteiger partial charge in [-0.1, -0.05) is 11.3 Å². The largest absolute Gasteiger partial charge is 0.370 e. The number of amides is 1. The summed E-state index contributed by atoms with van der Waals surface area (Å²) in [5, 5.41) is 5.45. The number of nitrogens with two attached hydrogens (primary N) is 1. The molecule has 1 aliphatic rings. The summed E-state index contributed by atoms with van der Waals surface area (Å²) in [5.74, 6) is -0.230. The first kappa shape index (κ1) is 14.3. The van der Waals surface area contributed by atoms with Gasteiger partial charge >= 0.3 is 0 Å². The van der Waals surface area contributed by atoms with Gasteiger partial charge in [0.05, 0.1) is 10.4 Å². The van der Waals surface area contributed by atoms with Gasteiger partial charge in [0.15, 0.2) is 10.8 Å². The molecule has 0 aliphatic carbocycles. The number of thiazole rings is 1. The Morgan fingerprint density at radius 3 is 2.67 bits per heavy atom. The topological polar surface area (TPSA) is 80.3 Å². The molecule has 0 saturated carbocycles. The van der Waals surface area contributed by atoms with Crippen molar-refractivity contribution in [1.29, 1.82) is 0 Å². The van der Waals surface area contributed by atoms with E-state index in [9.17, 15) is 4.79 Å². The summed E-state index contributed by atoms with van der Waals surface area (Å²) < 4.78 is 3.01. The third kappa shape index (κ3) is 2.86. The monoisotopic (exact) mass is 308 g/mol. The Morgan fingerprint density at radius 2 is 2.05 bits per heavy atom. The molecule has 2 aromatic rings. The van der Waals surface area contributed by atoms with Gasteiger partial charge in [-0.05, 0) is 6.92 Å². The molecule has 21 heavy (non-hydrogen) atoms. The fourth-order valence-corrected chi connectivity index (χ4v) is 3.72. The molecule has 0 aromatic carbocycles. The Bertz CT molecular complexity index is 620. The maximum Gasteiger partial charge on any atom is 0.218 e. The molecule has 2 N–H and O–H groups in total. The third-order valence-corrected chi connectivity index (χ3v) is 5.06. The SMILES string of the molecule is Cc1nn(C)c2nc(N3CCN(CCC(N)=O)CC3)sc12. The summed E-state index contributed by atoms with van der Waals surface area (Å²) in [6.45, 7) is 6.54. The summed E-state index contributed by atoms with van der Waals surface area (Å²) in [6.07, 6.45) is 0.437. The summed E-state index contributed by atoms with van der Waals surface area (Å²) in [6, 6.07) is 0. The highest BCUT2D eigenvalue weighted by atomic mass is 32.1. The average Bonchev–Trinajstić information content (AvgIpc) is 3.00. The van der Waals surface area contributed by atoms with Crippen LogP contribution in [-0.2, 0) is 11.8 Å². The van der Waals surface area contributed by atoms with E-state index in [1.165, 1.54) is 4.70 Å². The molecule has 1 aliphatic heterocycles. The van der Waals surface area contributed by atoms with Crippen molar-refractivity contribution in [3.05, 3.63) is 5.69 Å². The van der Waals surface area contributed by atoms with Gasteiger partial charge in [0, 0.05) is 46.2 Å². The number of rotatable bonds is 4. The predicted octanol–water partition coefficient (Wildman–Crippen LogP) is 0.336. The number of fused-ring (bicyclic) bond motifs is 1. The number of nitrogens with zero attached hydrogens (tertiary/aromatic N) is 5. The zero-order chi connectivity index (χ0) is 15.0. The highest BCUT2D eigenvalue weighted by Crippen LogP contribution is 2.31. The van der Waals surface area contributed by atoms with Crippen LogP contribution < -0.4 is 10.6 Å². The van der Waals surface area contributed by atoms with Crippen LogP contribution in [0.2, 0.25) is 0 Å². The molecule has 3 heterocycles. The van der Waals surface area contributed by atoms with Crippen LogP contribution in [0.4, 0.5) is 5.13 Å². The quantitative estimate of drug-likeness (QED) is 0.881. The zero-order valence-electron chi connectivity index (χ0n) is 12.4. The second-order valence-electron chi connectivity index (χ2n) is 5.40. The van der Waals surface area contributed by atoms with E-state index in [1.54, 1.807) is 11.3 Å². The van der Waals surface area contributed by atoms with Gasteiger partial charge in [-0.3, -0.25) is 9.69 Å². The van der Waals surface area contributed by atoms with Gasteiger partial charge in [0.25, 0.3) is 0 Å². The van der Waals surface area contributed by atoms with Crippen molar-refractivity contribution in [2.24, 2.45) is 12.8 Å². The van der Waals surface area contributed by atoms with Crippen LogP contribution in [0.15, 0.2) is 0 Å². The summed E-state index contributed by atoms with van der Waals surface area (Å²) in [4.78, 5) is 20.1. The minimum atomic E-state index is -0.230. The van der Waals surface area contributed by atoms with Crippen molar-refractivity contribution in [2.45, 2.75) is 13.3 Å². The molecule has 0 atom stereocenters. The van der Waals surface area contributed by atoms with Crippen LogP contribution in [-0.4, -0.2) is 58.3 Å². The fourth-order valence-electron chi connectivity index (χ4n) is 2.64. The van der Waals surface area contributed by atoms with Crippen molar-refractivity contribution in [3.8, 4) is 0 Å². The fraction of sp³-hybridized carbons (Fsp3) is 0.615. The summed E-state index contributed by atoms with van der Waals surface area (Å²) in [7, 11) is 1.93. The number of hydrogen-bond donors (Lipinski definition) is 1. The van der Waals surface area contributed by atoms with Gasteiger partial charge in [0.2, 0.25) is 5.91 Å². The Kier molecular flexibility index (Phi) is 3.81. The number of hydrogen-bond acceptors (Lipinski definition) is 6. The first-order valence-electron chi connectivity index (χ1n) is 7.10. The number of piperazine rings is 1. The van der Waals surface area contributed by atoms with E-state index in [0.29, 0.717) is 6.42 Å². The van der Waals surface area contributed by atoms with Crippen LogP contribution in [0, 0.1) is 6.92 Å². The van der Waals surface area contributed by atoms with E-state index >= 15 is 0 Å². The molecular formula is C13H20N6OS. The Labute approximate surface area is 127 Å². The standard InChI is InChI=1S/C13H20N6OS/c1-9-11-12(17(2)16-9)15-13(21-11)19-7-5-18(6-8-19)4-3-10(14)20/h3-8H2,1-2H3,(H2,14,20). The molecular weight excluding hydrogens is 288 g/mol. The molecule has 114 valence electrons. The number of aromatic nitrogens is 3. The molecule has 0 bridgehead atoms. The van der Waals surface area contributed by atoms with E-state index in [4.69, 9.17) is 10.7 Å². The molecule has 1 fully saturated rings. The first-order chi connectivity index (χ1) is 10.0. The number of primary amides is 1. The Balaban J connectivity index is 1.65. The van der Waals surface area contributed by atoms with Crippen molar-refractivity contribution < 1.29 is 4.79 Å². The smallest absolute Gasteiger partial charge is 0.218 e. The van der Waals surface area contributed by atoms with Gasteiger partial charge in [-0.25, -0.2) is 9.67 Å². The van der Waals surface area contributed by atoms with Crippen molar-refractivity contribution in [3.63, 3.8) is 0 Å². The molecule has 2 aromatic heterocycles. The van der Waals surface area contributed by atoms with Crippen molar-refractivity contribution in [1.82, 2.24) is 19.7 Å². The van der Waals surface area contributed by atoms with Crippen LogP contribution >= 0.6 is 11.3 Å². The molecule has 0 radical (unpaired) electrons. The van der Waals surface area contributed by atoms with Crippen LogP contribution in [0.25, 0.3) is 10.3 Å². The Hall–Kier alpha value is -1.67. The molecule has 8 heteroatoms. The lowest BCUT2D eigenvalue weighted by molar-refractivity contribution is -0.118. The van der Waals surface area contributed by atoms with Gasteiger partial charge in [-0.15, -0.1) is 0 Å². The zero-order valence-corrected chi connectivity index (χ0v) is 13.2. The van der Waals surface area contributed by atoms with Crippen LogP contribution in [0.5, 0.6) is 0 Å². The molecule has 3 rings (SSSR count). The molecule has 1 saturated heterocycles. The van der Waals surface area contributed by atoms with E-state index in [-0.39, 0.29) is 5.91 Å². The normalized spacial score (nSPS) is 16.8. The number of carbonyl (C=O) groups is 1. The first-order valence-corrected chi connectivity index (χ1v) is 7.92. The maximum absolute atomic E-state index is 10.8. The van der Waals surface area contributed by atoms with Crippen LogP contribution in [0.3, 0.4) is 0 Å². The lowest BCUT2D eigenvalue weighted by Gasteiger charge is -2.34. The van der Waals surface area contributed by atoms with Gasteiger partial charge in [0.1, 0.15) is 0 Å². The van der Waals surface area contributed by atoms with Gasteiger partial charge in [-0.2, -0.15) is 5.10 Å². The number of carbonyl (C=O) groups excluding carboxylic acids is 1. The number of aryl methyl sites for hydroxylation is 2. The average molecular weight is 308 g/mol. The lowest BCUT2D eigenvalue weighted by Crippen LogP contribution is -2.47. The van der Waals surface area contributed by atoms with Gasteiger partial charge < -0.3 is 10.6 Å². The minimum absolute atomic E-state index is 0.230. The van der Waals surface area contributed by atoms with Crippen molar-refractivity contribution in [2.75, 3.05) is 37.6 Å².